The highest BCUT2D eigenvalue weighted by Crippen LogP contribution is 2.23. The Balaban J connectivity index is 1.37. The number of rotatable bonds is 4. The SMILES string of the molecule is COC(=O)c1ccc(/C=C/C(=O)N2CCN(c3cc(C)c4ccccc4n3)CC2)cc1. The van der Waals surface area contributed by atoms with Crippen molar-refractivity contribution in [2.24, 2.45) is 0 Å². The summed E-state index contributed by atoms with van der Waals surface area (Å²) in [5, 5.41) is 1.17. The number of anilines is 1. The number of fused-ring (bicyclic) bond motifs is 1. The standard InChI is InChI=1S/C25H25N3O3/c1-18-17-23(26-22-6-4-3-5-21(18)22)27-13-15-28(16-14-27)24(29)12-9-19-7-10-20(11-8-19)25(30)31-2/h3-12,17H,13-16H2,1-2H3/b12-9+. The fraction of sp³-hybridized carbons (Fsp3) is 0.240. The molecule has 0 N–H and O–H groups in total. The summed E-state index contributed by atoms with van der Waals surface area (Å²) in [4.78, 5) is 33.0. The maximum Gasteiger partial charge on any atom is 0.337 e. The Morgan fingerprint density at radius 2 is 1.71 bits per heavy atom. The third-order valence-corrected chi connectivity index (χ3v) is 5.57. The van der Waals surface area contributed by atoms with E-state index in [4.69, 9.17) is 9.72 Å². The molecule has 1 aliphatic heterocycles. The average molecular weight is 415 g/mol. The van der Waals surface area contributed by atoms with Crippen molar-refractivity contribution in [2.45, 2.75) is 6.92 Å². The molecule has 2 heterocycles. The van der Waals surface area contributed by atoms with E-state index >= 15 is 0 Å². The zero-order valence-corrected chi connectivity index (χ0v) is 17.7. The predicted octanol–water partition coefficient (Wildman–Crippen LogP) is 3.69. The Bertz CT molecular complexity index is 1130. The van der Waals surface area contributed by atoms with Gasteiger partial charge in [0.05, 0.1) is 18.2 Å². The fourth-order valence-electron chi connectivity index (χ4n) is 3.77. The number of para-hydroxylation sites is 1. The summed E-state index contributed by atoms with van der Waals surface area (Å²) < 4.78 is 4.70. The van der Waals surface area contributed by atoms with Gasteiger partial charge in [-0.15, -0.1) is 0 Å². The molecule has 3 aromatic rings. The van der Waals surface area contributed by atoms with Gasteiger partial charge in [0.2, 0.25) is 5.91 Å². The van der Waals surface area contributed by atoms with E-state index in [1.54, 1.807) is 36.4 Å². The number of hydrogen-bond donors (Lipinski definition) is 0. The molecule has 1 saturated heterocycles. The molecule has 1 amide bonds. The van der Waals surface area contributed by atoms with Gasteiger partial charge in [-0.1, -0.05) is 30.3 Å². The van der Waals surface area contributed by atoms with Gasteiger partial charge >= 0.3 is 5.97 Å². The van der Waals surface area contributed by atoms with Crippen LogP contribution in [0.4, 0.5) is 5.82 Å². The van der Waals surface area contributed by atoms with E-state index in [1.807, 2.05) is 23.1 Å². The first kappa shape index (κ1) is 20.6. The van der Waals surface area contributed by atoms with Crippen molar-refractivity contribution in [1.29, 1.82) is 0 Å². The molecule has 158 valence electrons. The second-order valence-corrected chi connectivity index (χ2v) is 7.57. The van der Waals surface area contributed by atoms with E-state index < -0.39 is 0 Å². The van der Waals surface area contributed by atoms with Crippen molar-refractivity contribution in [3.63, 3.8) is 0 Å². The number of aromatic nitrogens is 1. The normalized spacial score (nSPS) is 14.3. The molecule has 0 saturated carbocycles. The van der Waals surface area contributed by atoms with Crippen LogP contribution in [0.1, 0.15) is 21.5 Å². The highest BCUT2D eigenvalue weighted by atomic mass is 16.5. The Hall–Kier alpha value is -3.67. The number of methoxy groups -OCH3 is 1. The Morgan fingerprint density at radius 3 is 2.42 bits per heavy atom. The highest BCUT2D eigenvalue weighted by molar-refractivity contribution is 5.93. The molecule has 31 heavy (non-hydrogen) atoms. The van der Waals surface area contributed by atoms with E-state index in [0.717, 1.165) is 30.0 Å². The van der Waals surface area contributed by atoms with Crippen molar-refractivity contribution in [3.05, 3.63) is 77.4 Å². The quantitative estimate of drug-likeness (QED) is 0.480. The number of ether oxygens (including phenoxy) is 1. The van der Waals surface area contributed by atoms with Crippen LogP contribution in [0.15, 0.2) is 60.7 Å². The number of benzene rings is 2. The number of amides is 1. The van der Waals surface area contributed by atoms with Gasteiger partial charge in [0.1, 0.15) is 5.82 Å². The van der Waals surface area contributed by atoms with Gasteiger partial charge in [0, 0.05) is 37.6 Å². The zero-order chi connectivity index (χ0) is 21.8. The van der Waals surface area contributed by atoms with Gasteiger partial charge in [-0.2, -0.15) is 0 Å². The third kappa shape index (κ3) is 4.58. The molecule has 2 aromatic carbocycles. The van der Waals surface area contributed by atoms with Crippen LogP contribution < -0.4 is 4.90 Å². The highest BCUT2D eigenvalue weighted by Gasteiger charge is 2.21. The summed E-state index contributed by atoms with van der Waals surface area (Å²) in [6, 6.07) is 17.2. The number of hydrogen-bond acceptors (Lipinski definition) is 5. The zero-order valence-electron chi connectivity index (χ0n) is 17.7. The van der Waals surface area contributed by atoms with Crippen molar-refractivity contribution in [3.8, 4) is 0 Å². The topological polar surface area (TPSA) is 62.7 Å². The monoisotopic (exact) mass is 415 g/mol. The van der Waals surface area contributed by atoms with Crippen molar-refractivity contribution in [1.82, 2.24) is 9.88 Å². The molecule has 0 spiro atoms. The number of aryl methyl sites for hydroxylation is 1. The predicted molar refractivity (Wildman–Crippen MR) is 122 cm³/mol. The molecule has 6 nitrogen and oxygen atoms in total. The summed E-state index contributed by atoms with van der Waals surface area (Å²) in [5.74, 6) is 0.574. The maximum atomic E-state index is 12.6. The van der Waals surface area contributed by atoms with Crippen LogP contribution in [0, 0.1) is 6.92 Å². The molecule has 1 aliphatic rings. The largest absolute Gasteiger partial charge is 0.465 e. The molecule has 4 rings (SSSR count). The average Bonchev–Trinajstić information content (AvgIpc) is 2.82. The molecular formula is C25H25N3O3. The summed E-state index contributed by atoms with van der Waals surface area (Å²) in [6.45, 7) is 4.90. The van der Waals surface area contributed by atoms with Crippen LogP contribution in [-0.4, -0.2) is 55.0 Å². The molecule has 0 radical (unpaired) electrons. The van der Waals surface area contributed by atoms with Crippen LogP contribution in [0.25, 0.3) is 17.0 Å². The van der Waals surface area contributed by atoms with Crippen molar-refractivity contribution in [2.75, 3.05) is 38.2 Å². The lowest BCUT2D eigenvalue weighted by Crippen LogP contribution is -2.48. The number of nitrogens with zero attached hydrogens (tertiary/aromatic N) is 3. The minimum atomic E-state index is -0.374. The van der Waals surface area contributed by atoms with Gasteiger partial charge < -0.3 is 14.5 Å². The van der Waals surface area contributed by atoms with Crippen molar-refractivity contribution >= 4 is 34.7 Å². The molecular weight excluding hydrogens is 390 g/mol. The lowest BCUT2D eigenvalue weighted by Gasteiger charge is -2.35. The second kappa shape index (κ2) is 9.00. The summed E-state index contributed by atoms with van der Waals surface area (Å²) in [5.41, 5.74) is 3.55. The lowest BCUT2D eigenvalue weighted by atomic mass is 10.1. The van der Waals surface area contributed by atoms with E-state index in [9.17, 15) is 9.59 Å². The molecule has 0 aliphatic carbocycles. The minimum Gasteiger partial charge on any atom is -0.465 e. The molecule has 1 aromatic heterocycles. The summed E-state index contributed by atoms with van der Waals surface area (Å²) in [7, 11) is 1.35. The molecule has 0 atom stereocenters. The third-order valence-electron chi connectivity index (χ3n) is 5.57. The summed E-state index contributed by atoms with van der Waals surface area (Å²) >= 11 is 0. The first-order valence-corrected chi connectivity index (χ1v) is 10.3. The molecule has 6 heteroatoms. The van der Waals surface area contributed by atoms with Gasteiger partial charge in [-0.3, -0.25) is 4.79 Å². The lowest BCUT2D eigenvalue weighted by molar-refractivity contribution is -0.126. The number of pyridine rings is 1. The number of piperazine rings is 1. The van der Waals surface area contributed by atoms with Crippen molar-refractivity contribution < 1.29 is 14.3 Å². The number of carbonyl (C=O) groups is 2. The van der Waals surface area contributed by atoms with Crippen LogP contribution >= 0.6 is 0 Å². The molecule has 0 unspecified atom stereocenters. The van der Waals surface area contributed by atoms with Crippen LogP contribution in [0.5, 0.6) is 0 Å². The Kier molecular flexibility index (Phi) is 5.98. The smallest absolute Gasteiger partial charge is 0.337 e. The molecule has 1 fully saturated rings. The minimum absolute atomic E-state index is 0.0145. The van der Waals surface area contributed by atoms with E-state index in [1.165, 1.54) is 18.1 Å². The van der Waals surface area contributed by atoms with Gasteiger partial charge in [0.15, 0.2) is 0 Å². The fourth-order valence-corrected chi connectivity index (χ4v) is 3.77. The first-order chi connectivity index (χ1) is 15.0. The Labute approximate surface area is 181 Å². The van der Waals surface area contributed by atoms with Crippen LogP contribution in [0.3, 0.4) is 0 Å². The Morgan fingerprint density at radius 1 is 1.00 bits per heavy atom. The van der Waals surface area contributed by atoms with E-state index in [-0.39, 0.29) is 11.9 Å². The van der Waals surface area contributed by atoms with Crippen LogP contribution in [0.2, 0.25) is 0 Å². The maximum absolute atomic E-state index is 12.6. The second-order valence-electron chi connectivity index (χ2n) is 7.57. The van der Waals surface area contributed by atoms with E-state index in [2.05, 4.69) is 24.0 Å². The number of carbonyl (C=O) groups excluding carboxylic acids is 2. The van der Waals surface area contributed by atoms with Gasteiger partial charge in [0.25, 0.3) is 0 Å². The molecule has 0 bridgehead atoms. The van der Waals surface area contributed by atoms with Gasteiger partial charge in [-0.05, 0) is 48.4 Å². The first-order valence-electron chi connectivity index (χ1n) is 10.3. The van der Waals surface area contributed by atoms with Crippen LogP contribution in [-0.2, 0) is 9.53 Å². The summed E-state index contributed by atoms with van der Waals surface area (Å²) in [6.07, 6.45) is 3.35. The number of esters is 1. The van der Waals surface area contributed by atoms with E-state index in [0.29, 0.717) is 18.7 Å². The van der Waals surface area contributed by atoms with Gasteiger partial charge in [-0.25, -0.2) is 9.78 Å².